The van der Waals surface area contributed by atoms with Crippen molar-refractivity contribution in [3.63, 3.8) is 0 Å². The summed E-state index contributed by atoms with van der Waals surface area (Å²) in [6, 6.07) is 0.0181. The van der Waals surface area contributed by atoms with E-state index in [-0.39, 0.29) is 17.4 Å². The summed E-state index contributed by atoms with van der Waals surface area (Å²) in [4.78, 5) is 24.7. The fourth-order valence-electron chi connectivity index (χ4n) is 2.89. The molecule has 4 rings (SSSR count). The summed E-state index contributed by atoms with van der Waals surface area (Å²) < 4.78 is 5.49. The van der Waals surface area contributed by atoms with E-state index in [0.29, 0.717) is 35.9 Å². The van der Waals surface area contributed by atoms with E-state index in [1.807, 2.05) is 6.20 Å². The molecule has 6 heteroatoms. The Kier molecular flexibility index (Phi) is 2.97. The van der Waals surface area contributed by atoms with Crippen LogP contribution in [0.4, 0.5) is 0 Å². The molecule has 1 unspecified atom stereocenters. The number of hydrogen-bond donors (Lipinski definition) is 2. The Morgan fingerprint density at radius 3 is 2.95 bits per heavy atom. The Bertz CT molecular complexity index is 733. The number of amides is 1. The number of nitrogens with zero attached hydrogens (tertiary/aromatic N) is 2. The van der Waals surface area contributed by atoms with Gasteiger partial charge >= 0.3 is 0 Å². The molecule has 2 aromatic rings. The Hall–Kier alpha value is -1.95. The van der Waals surface area contributed by atoms with Gasteiger partial charge in [-0.05, 0) is 12.8 Å². The molecule has 1 saturated carbocycles. The average molecular weight is 300 g/mol. The number of ether oxygens (including phenoxy) is 1. The largest absolute Gasteiger partial charge is 0.379 e. The highest BCUT2D eigenvalue weighted by Gasteiger charge is 2.37. The van der Waals surface area contributed by atoms with Crippen molar-refractivity contribution < 1.29 is 9.53 Å². The van der Waals surface area contributed by atoms with Gasteiger partial charge in [-0.25, -0.2) is 9.97 Å². The molecule has 1 amide bonds. The predicted octanol–water partition coefficient (Wildman–Crippen LogP) is 1.99. The van der Waals surface area contributed by atoms with E-state index in [1.54, 1.807) is 6.20 Å². The zero-order chi connectivity index (χ0) is 15.3. The Labute approximate surface area is 128 Å². The monoisotopic (exact) mass is 300 g/mol. The lowest BCUT2D eigenvalue weighted by Crippen LogP contribution is -2.44. The second kappa shape index (κ2) is 4.78. The van der Waals surface area contributed by atoms with Gasteiger partial charge in [0.1, 0.15) is 5.52 Å². The summed E-state index contributed by atoms with van der Waals surface area (Å²) >= 11 is 0. The third-order valence-electron chi connectivity index (χ3n) is 4.65. The Balaban J connectivity index is 1.62. The van der Waals surface area contributed by atoms with Crippen molar-refractivity contribution >= 4 is 17.1 Å². The van der Waals surface area contributed by atoms with Crippen LogP contribution in [0.2, 0.25) is 0 Å². The fraction of sp³-hybridized carbons (Fsp3) is 0.562. The van der Waals surface area contributed by atoms with E-state index in [1.165, 1.54) is 12.8 Å². The topological polar surface area (TPSA) is 79.9 Å². The molecule has 1 aliphatic carbocycles. The van der Waals surface area contributed by atoms with Crippen molar-refractivity contribution in [1.29, 1.82) is 0 Å². The van der Waals surface area contributed by atoms with Crippen LogP contribution in [0, 0.1) is 5.41 Å². The molecule has 3 heterocycles. The molecule has 2 aromatic heterocycles. The molecule has 1 aliphatic heterocycles. The van der Waals surface area contributed by atoms with Crippen molar-refractivity contribution in [2.24, 2.45) is 5.41 Å². The van der Waals surface area contributed by atoms with Gasteiger partial charge in [0, 0.05) is 17.5 Å². The second-order valence-corrected chi connectivity index (χ2v) is 7.00. The second-order valence-electron chi connectivity index (χ2n) is 7.00. The van der Waals surface area contributed by atoms with Crippen LogP contribution in [0.15, 0.2) is 12.4 Å². The summed E-state index contributed by atoms with van der Waals surface area (Å²) in [5, 5.41) is 3.08. The van der Waals surface area contributed by atoms with Crippen molar-refractivity contribution in [2.45, 2.75) is 38.6 Å². The lowest BCUT2D eigenvalue weighted by Gasteiger charge is -2.25. The quantitative estimate of drug-likeness (QED) is 0.908. The van der Waals surface area contributed by atoms with Crippen LogP contribution in [0.1, 0.15) is 48.7 Å². The zero-order valence-electron chi connectivity index (χ0n) is 12.8. The molecule has 22 heavy (non-hydrogen) atoms. The number of aromatic nitrogens is 3. The van der Waals surface area contributed by atoms with E-state index >= 15 is 0 Å². The van der Waals surface area contributed by atoms with E-state index in [9.17, 15) is 4.79 Å². The van der Waals surface area contributed by atoms with Crippen molar-refractivity contribution in [1.82, 2.24) is 20.3 Å². The molecule has 0 spiro atoms. The normalized spacial score (nSPS) is 23.8. The maximum Gasteiger partial charge on any atom is 0.255 e. The molecule has 116 valence electrons. The van der Waals surface area contributed by atoms with Crippen LogP contribution in [0.25, 0.3) is 11.2 Å². The molecular weight excluding hydrogens is 280 g/mol. The van der Waals surface area contributed by atoms with Gasteiger partial charge in [-0.3, -0.25) is 4.79 Å². The van der Waals surface area contributed by atoms with Crippen LogP contribution in [0.5, 0.6) is 0 Å². The highest BCUT2D eigenvalue weighted by atomic mass is 16.5. The Morgan fingerprint density at radius 1 is 1.45 bits per heavy atom. The van der Waals surface area contributed by atoms with Gasteiger partial charge in [-0.15, -0.1) is 0 Å². The number of carbonyl (C=O) groups excluding carboxylic acids is 1. The first-order valence-corrected chi connectivity index (χ1v) is 7.77. The zero-order valence-corrected chi connectivity index (χ0v) is 12.8. The van der Waals surface area contributed by atoms with Crippen molar-refractivity contribution in [3.05, 3.63) is 23.7 Å². The van der Waals surface area contributed by atoms with Crippen molar-refractivity contribution in [3.8, 4) is 0 Å². The molecule has 0 aromatic carbocycles. The van der Waals surface area contributed by atoms with E-state index in [2.05, 4.69) is 34.1 Å². The smallest absolute Gasteiger partial charge is 0.255 e. The summed E-state index contributed by atoms with van der Waals surface area (Å²) in [5.74, 6) is 0.405. The SMILES string of the molecule is CC1(C)COCC1NC(=O)c1c[nH]c2ncc(C3CC3)nc12. The predicted molar refractivity (Wildman–Crippen MR) is 81.7 cm³/mol. The van der Waals surface area contributed by atoms with Gasteiger partial charge in [0.05, 0.1) is 36.7 Å². The van der Waals surface area contributed by atoms with Gasteiger partial charge in [0.2, 0.25) is 0 Å². The minimum atomic E-state index is -0.114. The fourth-order valence-corrected chi connectivity index (χ4v) is 2.89. The van der Waals surface area contributed by atoms with Crippen LogP contribution in [-0.4, -0.2) is 40.1 Å². The van der Waals surface area contributed by atoms with Gasteiger partial charge in [0.15, 0.2) is 5.65 Å². The molecule has 1 atom stereocenters. The summed E-state index contributed by atoms with van der Waals surface area (Å²) in [6.45, 7) is 5.42. The third kappa shape index (κ3) is 2.27. The minimum absolute atomic E-state index is 0.0181. The van der Waals surface area contributed by atoms with Gasteiger partial charge in [0.25, 0.3) is 5.91 Å². The van der Waals surface area contributed by atoms with Crippen LogP contribution >= 0.6 is 0 Å². The molecule has 6 nitrogen and oxygen atoms in total. The number of fused-ring (bicyclic) bond motifs is 1. The van der Waals surface area contributed by atoms with Gasteiger partial charge in [-0.2, -0.15) is 0 Å². The number of carbonyl (C=O) groups is 1. The molecule has 0 radical (unpaired) electrons. The van der Waals surface area contributed by atoms with Crippen LogP contribution in [0.3, 0.4) is 0 Å². The maximum absolute atomic E-state index is 12.6. The summed E-state index contributed by atoms with van der Waals surface area (Å²) in [7, 11) is 0. The number of rotatable bonds is 3. The summed E-state index contributed by atoms with van der Waals surface area (Å²) in [5.41, 5.74) is 2.83. The van der Waals surface area contributed by atoms with E-state index in [4.69, 9.17) is 4.74 Å². The molecule has 0 bridgehead atoms. The van der Waals surface area contributed by atoms with Crippen molar-refractivity contribution in [2.75, 3.05) is 13.2 Å². The van der Waals surface area contributed by atoms with Crippen LogP contribution < -0.4 is 5.32 Å². The molecular formula is C16H20N4O2. The Morgan fingerprint density at radius 2 is 2.27 bits per heavy atom. The third-order valence-corrected chi connectivity index (χ3v) is 4.65. The summed E-state index contributed by atoms with van der Waals surface area (Å²) in [6.07, 6.45) is 5.84. The number of hydrogen-bond acceptors (Lipinski definition) is 4. The lowest BCUT2D eigenvalue weighted by atomic mass is 9.88. The average Bonchev–Trinajstić information content (AvgIpc) is 3.17. The molecule has 1 saturated heterocycles. The molecule has 2 fully saturated rings. The molecule has 2 aliphatic rings. The van der Waals surface area contributed by atoms with E-state index < -0.39 is 0 Å². The number of nitrogens with one attached hydrogen (secondary N) is 2. The first kappa shape index (κ1) is 13.7. The number of aromatic amines is 1. The highest BCUT2D eigenvalue weighted by molar-refractivity contribution is 6.04. The van der Waals surface area contributed by atoms with E-state index in [0.717, 1.165) is 5.69 Å². The molecule has 2 N–H and O–H groups in total. The highest BCUT2D eigenvalue weighted by Crippen LogP contribution is 2.39. The first-order valence-electron chi connectivity index (χ1n) is 7.77. The first-order chi connectivity index (χ1) is 10.5. The van der Waals surface area contributed by atoms with Crippen LogP contribution in [-0.2, 0) is 4.74 Å². The lowest BCUT2D eigenvalue weighted by molar-refractivity contribution is 0.0916. The maximum atomic E-state index is 12.6. The van der Waals surface area contributed by atoms with Gasteiger partial charge in [-0.1, -0.05) is 13.8 Å². The van der Waals surface area contributed by atoms with Gasteiger partial charge < -0.3 is 15.0 Å². The minimum Gasteiger partial charge on any atom is -0.379 e. The standard InChI is InChI=1S/C16H20N4O2/c1-16(2)8-22-7-12(16)20-15(21)10-5-17-14-13(10)19-11(6-18-14)9-3-4-9/h5-6,9,12H,3-4,7-8H2,1-2H3,(H,17,18)(H,20,21). The number of H-pyrrole nitrogens is 1.